The van der Waals surface area contributed by atoms with Crippen molar-refractivity contribution in [2.75, 3.05) is 5.75 Å². The molecule has 1 rings (SSSR count). The van der Waals surface area contributed by atoms with Gasteiger partial charge in [0.05, 0.1) is 15.2 Å². The van der Waals surface area contributed by atoms with Crippen LogP contribution < -0.4 is 0 Å². The fourth-order valence-electron chi connectivity index (χ4n) is 1.69. The topological polar surface area (TPSA) is 80.4 Å². The van der Waals surface area contributed by atoms with E-state index in [1.54, 1.807) is 32.0 Å². The first-order valence-corrected chi connectivity index (χ1v) is 7.43. The van der Waals surface area contributed by atoms with E-state index in [2.05, 4.69) is 0 Å². The van der Waals surface area contributed by atoms with Crippen molar-refractivity contribution in [1.29, 1.82) is 0 Å². The lowest BCUT2D eigenvalue weighted by molar-refractivity contribution is -0.387. The van der Waals surface area contributed by atoms with Gasteiger partial charge >= 0.3 is 5.97 Å². The zero-order valence-corrected chi connectivity index (χ0v) is 12.5. The second-order valence-electron chi connectivity index (χ2n) is 5.22. The Hall–Kier alpha value is -1.56. The number of hydrogen-bond acceptors (Lipinski definition) is 4. The smallest absolute Gasteiger partial charge is 0.309 e. The molecule has 0 saturated heterocycles. The molecule has 0 saturated carbocycles. The summed E-state index contributed by atoms with van der Waals surface area (Å²) in [5.74, 6) is -0.0376. The molecule has 0 heterocycles. The molecule has 1 aromatic carbocycles. The van der Waals surface area contributed by atoms with Crippen LogP contribution in [0.1, 0.15) is 33.1 Å². The highest BCUT2D eigenvalue weighted by atomic mass is 32.2. The van der Waals surface area contributed by atoms with E-state index in [4.69, 9.17) is 5.11 Å². The maximum absolute atomic E-state index is 10.9. The van der Waals surface area contributed by atoms with Crippen LogP contribution in [0, 0.1) is 15.5 Å². The molecule has 0 radical (unpaired) electrons. The molecular formula is C14H19NO4S. The number of hydrogen-bond donors (Lipinski definition) is 1. The number of nitro benzene ring substituents is 1. The van der Waals surface area contributed by atoms with Crippen molar-refractivity contribution in [1.82, 2.24) is 0 Å². The minimum absolute atomic E-state index is 0.128. The Morgan fingerprint density at radius 2 is 2.00 bits per heavy atom. The molecule has 0 amide bonds. The van der Waals surface area contributed by atoms with Crippen LogP contribution in [-0.4, -0.2) is 21.8 Å². The van der Waals surface area contributed by atoms with Crippen LogP contribution in [-0.2, 0) is 4.79 Å². The molecule has 1 N–H and O–H groups in total. The molecule has 0 bridgehead atoms. The van der Waals surface area contributed by atoms with Gasteiger partial charge in [-0.3, -0.25) is 14.9 Å². The fourth-order valence-corrected chi connectivity index (χ4v) is 2.72. The molecule has 110 valence electrons. The molecule has 0 atom stereocenters. The largest absolute Gasteiger partial charge is 0.481 e. The van der Waals surface area contributed by atoms with E-state index in [-0.39, 0.29) is 10.6 Å². The average molecular weight is 297 g/mol. The summed E-state index contributed by atoms with van der Waals surface area (Å²) in [6.45, 7) is 3.43. The SMILES string of the molecule is CC(C)(CCCCSc1ccccc1[N+](=O)[O-])C(=O)O. The third-order valence-corrected chi connectivity index (χ3v) is 4.24. The van der Waals surface area contributed by atoms with E-state index in [9.17, 15) is 14.9 Å². The number of aliphatic carboxylic acids is 1. The van der Waals surface area contributed by atoms with Crippen LogP contribution in [0.5, 0.6) is 0 Å². The Kier molecular flexibility index (Phi) is 6.01. The van der Waals surface area contributed by atoms with Crippen LogP contribution in [0.15, 0.2) is 29.2 Å². The van der Waals surface area contributed by atoms with Crippen LogP contribution in [0.2, 0.25) is 0 Å². The summed E-state index contributed by atoms with van der Waals surface area (Å²) in [4.78, 5) is 22.1. The minimum Gasteiger partial charge on any atom is -0.481 e. The van der Waals surface area contributed by atoms with E-state index in [1.165, 1.54) is 17.8 Å². The summed E-state index contributed by atoms with van der Waals surface area (Å²) in [6.07, 6.45) is 2.25. The number of rotatable bonds is 8. The number of nitrogens with zero attached hydrogens (tertiary/aromatic N) is 1. The van der Waals surface area contributed by atoms with E-state index in [1.807, 2.05) is 0 Å². The number of unbranched alkanes of at least 4 members (excludes halogenated alkanes) is 1. The van der Waals surface area contributed by atoms with Crippen LogP contribution in [0.4, 0.5) is 5.69 Å². The number of benzene rings is 1. The third kappa shape index (κ3) is 4.85. The highest BCUT2D eigenvalue weighted by molar-refractivity contribution is 7.99. The lowest BCUT2D eigenvalue weighted by Crippen LogP contribution is -2.23. The Morgan fingerprint density at radius 1 is 1.35 bits per heavy atom. The molecule has 0 aliphatic carbocycles. The molecule has 0 fully saturated rings. The standard InChI is InChI=1S/C14H19NO4S/c1-14(2,13(16)17)9-5-6-10-20-12-8-4-3-7-11(12)15(18)19/h3-4,7-8H,5-6,9-10H2,1-2H3,(H,16,17). The zero-order chi connectivity index (χ0) is 15.2. The van der Waals surface area contributed by atoms with Gasteiger partial charge in [-0.15, -0.1) is 11.8 Å². The molecule has 0 unspecified atom stereocenters. The summed E-state index contributed by atoms with van der Waals surface area (Å²) >= 11 is 1.45. The molecule has 1 aromatic rings. The van der Waals surface area contributed by atoms with Crippen molar-refractivity contribution in [3.05, 3.63) is 34.4 Å². The summed E-state index contributed by atoms with van der Waals surface area (Å²) in [6, 6.07) is 6.67. The Morgan fingerprint density at radius 3 is 2.60 bits per heavy atom. The predicted molar refractivity (Wildman–Crippen MR) is 79.1 cm³/mol. The number of carboxylic acid groups (broad SMARTS) is 1. The van der Waals surface area contributed by atoms with Gasteiger partial charge < -0.3 is 5.11 Å². The summed E-state index contributed by atoms with van der Waals surface area (Å²) < 4.78 is 0. The van der Waals surface area contributed by atoms with Crippen LogP contribution in [0.25, 0.3) is 0 Å². The second-order valence-corrected chi connectivity index (χ2v) is 6.36. The van der Waals surface area contributed by atoms with Crippen molar-refractivity contribution in [2.24, 2.45) is 5.41 Å². The number of nitro groups is 1. The highest BCUT2D eigenvalue weighted by Crippen LogP contribution is 2.30. The number of para-hydroxylation sites is 1. The summed E-state index contributed by atoms with van der Waals surface area (Å²) in [5.41, 5.74) is -0.577. The maximum atomic E-state index is 10.9. The molecule has 5 nitrogen and oxygen atoms in total. The second kappa shape index (κ2) is 7.28. The maximum Gasteiger partial charge on any atom is 0.309 e. The van der Waals surface area contributed by atoms with Crippen molar-refractivity contribution >= 4 is 23.4 Å². The van der Waals surface area contributed by atoms with Gasteiger partial charge in [0.1, 0.15) is 0 Å². The van der Waals surface area contributed by atoms with Crippen LogP contribution in [0.3, 0.4) is 0 Å². The van der Waals surface area contributed by atoms with Gasteiger partial charge in [0.15, 0.2) is 0 Å². The van der Waals surface area contributed by atoms with Crippen molar-refractivity contribution < 1.29 is 14.8 Å². The van der Waals surface area contributed by atoms with E-state index in [0.717, 1.165) is 18.6 Å². The van der Waals surface area contributed by atoms with Crippen molar-refractivity contribution in [3.63, 3.8) is 0 Å². The molecule has 0 spiro atoms. The van der Waals surface area contributed by atoms with Crippen LogP contribution >= 0.6 is 11.8 Å². The predicted octanol–water partition coefficient (Wildman–Crippen LogP) is 3.97. The zero-order valence-electron chi connectivity index (χ0n) is 11.7. The normalized spacial score (nSPS) is 11.3. The van der Waals surface area contributed by atoms with Gasteiger partial charge in [0.25, 0.3) is 5.69 Å². The van der Waals surface area contributed by atoms with Gasteiger partial charge in [-0.2, -0.15) is 0 Å². The molecular weight excluding hydrogens is 278 g/mol. The van der Waals surface area contributed by atoms with E-state index >= 15 is 0 Å². The first-order valence-electron chi connectivity index (χ1n) is 6.44. The van der Waals surface area contributed by atoms with Crippen molar-refractivity contribution in [3.8, 4) is 0 Å². The van der Waals surface area contributed by atoms with E-state index in [0.29, 0.717) is 11.3 Å². The molecule has 0 aromatic heterocycles. The molecule has 0 aliphatic rings. The quantitative estimate of drug-likeness (QED) is 0.340. The first kappa shape index (κ1) is 16.5. The van der Waals surface area contributed by atoms with Gasteiger partial charge in [0, 0.05) is 6.07 Å². The van der Waals surface area contributed by atoms with Crippen molar-refractivity contribution in [2.45, 2.75) is 38.0 Å². The Bertz CT molecular complexity index is 488. The number of thioether (sulfide) groups is 1. The monoisotopic (exact) mass is 297 g/mol. The van der Waals surface area contributed by atoms with Gasteiger partial charge in [-0.05, 0) is 38.5 Å². The average Bonchev–Trinajstić information content (AvgIpc) is 2.38. The van der Waals surface area contributed by atoms with E-state index < -0.39 is 11.4 Å². The lowest BCUT2D eigenvalue weighted by Gasteiger charge is -2.18. The number of carboxylic acids is 1. The molecule has 0 aliphatic heterocycles. The fraction of sp³-hybridized carbons (Fsp3) is 0.500. The first-order chi connectivity index (χ1) is 9.34. The Balaban J connectivity index is 2.39. The lowest BCUT2D eigenvalue weighted by atomic mass is 9.88. The third-order valence-electron chi connectivity index (χ3n) is 3.09. The number of carbonyl (C=O) groups is 1. The van der Waals surface area contributed by atoms with Gasteiger partial charge in [-0.1, -0.05) is 18.6 Å². The van der Waals surface area contributed by atoms with Gasteiger partial charge in [-0.25, -0.2) is 0 Å². The van der Waals surface area contributed by atoms with Gasteiger partial charge in [0.2, 0.25) is 0 Å². The molecule has 20 heavy (non-hydrogen) atoms. The minimum atomic E-state index is -0.788. The summed E-state index contributed by atoms with van der Waals surface area (Å²) in [7, 11) is 0. The summed E-state index contributed by atoms with van der Waals surface area (Å²) in [5, 5.41) is 19.8. The highest BCUT2D eigenvalue weighted by Gasteiger charge is 2.26. The Labute approximate surface area is 122 Å². The molecule has 6 heteroatoms.